The van der Waals surface area contributed by atoms with E-state index < -0.39 is 6.03 Å². The third-order valence-corrected chi connectivity index (χ3v) is 2.10. The minimum absolute atomic E-state index is 0.0195. The Morgan fingerprint density at radius 3 is 2.39 bits per heavy atom. The first-order valence-electron chi connectivity index (χ1n) is 5.42. The Labute approximate surface area is 105 Å². The Kier molecular flexibility index (Phi) is 5.83. The summed E-state index contributed by atoms with van der Waals surface area (Å²) in [4.78, 5) is 27.2. The van der Waals surface area contributed by atoms with E-state index in [0.717, 1.165) is 0 Å². The summed E-state index contributed by atoms with van der Waals surface area (Å²) in [5.74, 6) is -0.0195. The lowest BCUT2D eigenvalue weighted by molar-refractivity contribution is 0.0272. The molecule has 0 saturated carbocycles. The molecule has 0 aromatic heterocycles. The minimum Gasteiger partial charge on any atom is -0.382 e. The van der Waals surface area contributed by atoms with Crippen LogP contribution in [0.3, 0.4) is 0 Å². The van der Waals surface area contributed by atoms with Crippen LogP contribution in [0.5, 0.6) is 0 Å². The third kappa shape index (κ3) is 4.94. The Bertz CT molecular complexity index is 403. The van der Waals surface area contributed by atoms with Crippen molar-refractivity contribution in [1.29, 1.82) is 0 Å². The van der Waals surface area contributed by atoms with Crippen LogP contribution in [0.15, 0.2) is 24.3 Å². The third-order valence-electron chi connectivity index (χ3n) is 2.10. The number of Topliss-reactive ketones (excluding diaryl/α,β-unsaturated/α-hetero) is 1. The normalized spacial score (nSPS) is 9.89. The fourth-order valence-electron chi connectivity index (χ4n) is 1.19. The van der Waals surface area contributed by atoms with Gasteiger partial charge in [-0.05, 0) is 31.2 Å². The number of carbonyl (C=O) groups excluding carboxylic acids is 2. The first-order valence-corrected chi connectivity index (χ1v) is 5.42. The number of ketones is 1. The standard InChI is InChI=1S/C12H16N2O4/c1-9(15)10-3-5-11(6-4-10)13-12(16)14-18-8-7-17-2/h3-6H,7-8H2,1-2H3,(H2,13,14,16). The van der Waals surface area contributed by atoms with Gasteiger partial charge in [-0.25, -0.2) is 10.3 Å². The second-order valence-corrected chi connectivity index (χ2v) is 3.53. The Hall–Kier alpha value is -1.92. The molecule has 0 radical (unpaired) electrons. The van der Waals surface area contributed by atoms with Gasteiger partial charge in [0.2, 0.25) is 0 Å². The molecule has 0 bridgehead atoms. The number of hydrogen-bond donors (Lipinski definition) is 2. The van der Waals surface area contributed by atoms with Gasteiger partial charge in [-0.3, -0.25) is 9.63 Å². The van der Waals surface area contributed by atoms with Gasteiger partial charge >= 0.3 is 6.03 Å². The predicted octanol–water partition coefficient (Wildman–Crippen LogP) is 1.59. The molecule has 1 rings (SSSR count). The van der Waals surface area contributed by atoms with Crippen molar-refractivity contribution < 1.29 is 19.2 Å². The molecule has 6 heteroatoms. The summed E-state index contributed by atoms with van der Waals surface area (Å²) < 4.78 is 4.75. The Balaban J connectivity index is 2.37. The first kappa shape index (κ1) is 14.1. The second-order valence-electron chi connectivity index (χ2n) is 3.53. The number of benzene rings is 1. The van der Waals surface area contributed by atoms with Crippen LogP contribution in [0.4, 0.5) is 10.5 Å². The Morgan fingerprint density at radius 2 is 1.83 bits per heavy atom. The number of carbonyl (C=O) groups is 2. The lowest BCUT2D eigenvalue weighted by atomic mass is 10.1. The summed E-state index contributed by atoms with van der Waals surface area (Å²) >= 11 is 0. The molecule has 0 aliphatic carbocycles. The molecule has 0 spiro atoms. The number of methoxy groups -OCH3 is 1. The number of anilines is 1. The monoisotopic (exact) mass is 252 g/mol. The fraction of sp³-hybridized carbons (Fsp3) is 0.333. The molecule has 2 N–H and O–H groups in total. The first-order chi connectivity index (χ1) is 8.63. The van der Waals surface area contributed by atoms with Gasteiger partial charge in [0.05, 0.1) is 13.2 Å². The maximum absolute atomic E-state index is 11.3. The molecule has 1 aromatic carbocycles. The molecule has 0 aliphatic heterocycles. The Morgan fingerprint density at radius 1 is 1.17 bits per heavy atom. The quantitative estimate of drug-likeness (QED) is 0.458. The zero-order valence-electron chi connectivity index (χ0n) is 10.4. The van der Waals surface area contributed by atoms with E-state index in [9.17, 15) is 9.59 Å². The van der Waals surface area contributed by atoms with Crippen molar-refractivity contribution in [3.05, 3.63) is 29.8 Å². The number of amides is 2. The molecule has 0 fully saturated rings. The SMILES string of the molecule is COCCONC(=O)Nc1ccc(C(C)=O)cc1. The van der Waals surface area contributed by atoms with Crippen molar-refractivity contribution in [2.24, 2.45) is 0 Å². The van der Waals surface area contributed by atoms with Gasteiger partial charge in [0.1, 0.15) is 0 Å². The number of hydrogen-bond acceptors (Lipinski definition) is 4. The summed E-state index contributed by atoms with van der Waals surface area (Å²) in [5.41, 5.74) is 3.38. The highest BCUT2D eigenvalue weighted by Gasteiger charge is 2.02. The fourth-order valence-corrected chi connectivity index (χ4v) is 1.19. The molecule has 0 unspecified atom stereocenters. The molecule has 18 heavy (non-hydrogen) atoms. The molecule has 98 valence electrons. The number of ether oxygens (including phenoxy) is 1. The van der Waals surface area contributed by atoms with Crippen LogP contribution in [-0.4, -0.2) is 32.1 Å². The number of nitrogens with one attached hydrogen (secondary N) is 2. The molecule has 2 amide bonds. The molecule has 1 aromatic rings. The van der Waals surface area contributed by atoms with E-state index in [1.54, 1.807) is 31.4 Å². The van der Waals surface area contributed by atoms with E-state index in [0.29, 0.717) is 17.9 Å². The van der Waals surface area contributed by atoms with E-state index in [-0.39, 0.29) is 12.4 Å². The van der Waals surface area contributed by atoms with Gasteiger partial charge in [-0.1, -0.05) is 0 Å². The van der Waals surface area contributed by atoms with Crippen LogP contribution in [0, 0.1) is 0 Å². The van der Waals surface area contributed by atoms with Gasteiger partial charge in [0, 0.05) is 18.4 Å². The van der Waals surface area contributed by atoms with E-state index in [1.165, 1.54) is 6.92 Å². The van der Waals surface area contributed by atoms with Crippen molar-refractivity contribution in [2.45, 2.75) is 6.92 Å². The molecule has 6 nitrogen and oxygen atoms in total. The summed E-state index contributed by atoms with van der Waals surface area (Å²) in [6, 6.07) is 6.09. The van der Waals surface area contributed by atoms with Crippen molar-refractivity contribution in [2.75, 3.05) is 25.6 Å². The predicted molar refractivity (Wildman–Crippen MR) is 66.4 cm³/mol. The van der Waals surface area contributed by atoms with Crippen molar-refractivity contribution in [3.63, 3.8) is 0 Å². The average molecular weight is 252 g/mol. The average Bonchev–Trinajstić information content (AvgIpc) is 2.35. The smallest absolute Gasteiger partial charge is 0.343 e. The van der Waals surface area contributed by atoms with Crippen LogP contribution in [0.25, 0.3) is 0 Å². The van der Waals surface area contributed by atoms with Crippen molar-refractivity contribution in [3.8, 4) is 0 Å². The number of hydroxylamine groups is 1. The molecular formula is C12H16N2O4. The van der Waals surface area contributed by atoms with Crippen LogP contribution < -0.4 is 10.8 Å². The molecule has 0 aliphatic rings. The summed E-state index contributed by atoms with van der Waals surface area (Å²) in [6.45, 7) is 2.15. The van der Waals surface area contributed by atoms with Gasteiger partial charge in [-0.2, -0.15) is 0 Å². The van der Waals surface area contributed by atoms with E-state index in [4.69, 9.17) is 9.57 Å². The van der Waals surface area contributed by atoms with Gasteiger partial charge in [-0.15, -0.1) is 0 Å². The highest BCUT2D eigenvalue weighted by molar-refractivity contribution is 5.95. The van der Waals surface area contributed by atoms with Crippen molar-refractivity contribution >= 4 is 17.5 Å². The second kappa shape index (κ2) is 7.41. The lowest BCUT2D eigenvalue weighted by Crippen LogP contribution is -2.30. The lowest BCUT2D eigenvalue weighted by Gasteiger charge is -2.07. The number of rotatable bonds is 6. The number of urea groups is 1. The molecular weight excluding hydrogens is 236 g/mol. The van der Waals surface area contributed by atoms with E-state index >= 15 is 0 Å². The van der Waals surface area contributed by atoms with E-state index in [2.05, 4.69) is 10.8 Å². The van der Waals surface area contributed by atoms with Gasteiger partial charge in [0.15, 0.2) is 5.78 Å². The van der Waals surface area contributed by atoms with E-state index in [1.807, 2.05) is 0 Å². The summed E-state index contributed by atoms with van der Waals surface area (Å²) in [5, 5.41) is 2.56. The van der Waals surface area contributed by atoms with Gasteiger partial charge < -0.3 is 10.1 Å². The van der Waals surface area contributed by atoms with Crippen LogP contribution in [0.1, 0.15) is 17.3 Å². The molecule has 0 saturated heterocycles. The zero-order valence-corrected chi connectivity index (χ0v) is 10.4. The molecule has 0 atom stereocenters. The minimum atomic E-state index is -0.485. The van der Waals surface area contributed by atoms with Crippen LogP contribution in [-0.2, 0) is 9.57 Å². The van der Waals surface area contributed by atoms with Crippen LogP contribution in [0.2, 0.25) is 0 Å². The van der Waals surface area contributed by atoms with Crippen LogP contribution >= 0.6 is 0 Å². The highest BCUT2D eigenvalue weighted by Crippen LogP contribution is 2.09. The largest absolute Gasteiger partial charge is 0.382 e. The molecule has 0 heterocycles. The summed E-state index contributed by atoms with van der Waals surface area (Å²) in [7, 11) is 1.54. The summed E-state index contributed by atoms with van der Waals surface area (Å²) in [6.07, 6.45) is 0. The maximum atomic E-state index is 11.3. The van der Waals surface area contributed by atoms with Crippen molar-refractivity contribution in [1.82, 2.24) is 5.48 Å². The zero-order chi connectivity index (χ0) is 13.4. The highest BCUT2D eigenvalue weighted by atomic mass is 16.7. The topological polar surface area (TPSA) is 76.7 Å². The maximum Gasteiger partial charge on any atom is 0.343 e. The van der Waals surface area contributed by atoms with Gasteiger partial charge in [0.25, 0.3) is 0 Å².